The van der Waals surface area contributed by atoms with Crippen molar-refractivity contribution in [2.45, 2.75) is 58.6 Å². The van der Waals surface area contributed by atoms with Crippen LogP contribution in [0.4, 0.5) is 5.69 Å². The molecule has 1 amide bonds. The Morgan fingerprint density at radius 1 is 1.10 bits per heavy atom. The number of para-hydroxylation sites is 1. The highest BCUT2D eigenvalue weighted by Crippen LogP contribution is 2.27. The first-order chi connectivity index (χ1) is 14.7. The van der Waals surface area contributed by atoms with Gasteiger partial charge in [0.15, 0.2) is 5.82 Å². The summed E-state index contributed by atoms with van der Waals surface area (Å²) in [4.78, 5) is 12.8. The first-order valence-corrected chi connectivity index (χ1v) is 11.0. The minimum absolute atomic E-state index is 0.114. The van der Waals surface area contributed by atoms with E-state index in [0.29, 0.717) is 11.0 Å². The van der Waals surface area contributed by atoms with Crippen LogP contribution in [0, 0.1) is 34.6 Å². The molecule has 0 aliphatic carbocycles. The van der Waals surface area contributed by atoms with E-state index in [1.807, 2.05) is 59.7 Å². The fourth-order valence-corrected chi connectivity index (χ4v) is 4.25. The second-order valence-corrected chi connectivity index (χ2v) is 9.11. The molecule has 1 heterocycles. The number of carbonyl (C=O) groups is 1. The Bertz CT molecular complexity index is 1070. The van der Waals surface area contributed by atoms with Crippen LogP contribution >= 0.6 is 11.8 Å². The number of nitrogen functional groups attached to an aromatic ring is 1. The average molecular weight is 440 g/mol. The van der Waals surface area contributed by atoms with Crippen LogP contribution in [0.15, 0.2) is 35.5 Å². The normalized spacial score (nSPS) is 11.9. The van der Waals surface area contributed by atoms with E-state index in [2.05, 4.69) is 27.6 Å². The predicted octanol–water partition coefficient (Wildman–Crippen LogP) is 4.23. The number of amides is 1. The maximum Gasteiger partial charge on any atom is 0.237 e. The summed E-state index contributed by atoms with van der Waals surface area (Å²) in [6.07, 6.45) is 0. The Kier molecular flexibility index (Phi) is 6.90. The smallest absolute Gasteiger partial charge is 0.237 e. The van der Waals surface area contributed by atoms with Gasteiger partial charge in [-0.25, -0.2) is 4.68 Å². The van der Waals surface area contributed by atoms with Crippen LogP contribution in [-0.2, 0) is 11.4 Å². The molecule has 0 bridgehead atoms. The highest BCUT2D eigenvalue weighted by Gasteiger charge is 2.21. The van der Waals surface area contributed by atoms with Crippen molar-refractivity contribution >= 4 is 23.4 Å². The van der Waals surface area contributed by atoms with Crippen molar-refractivity contribution in [3.05, 3.63) is 64.0 Å². The van der Waals surface area contributed by atoms with E-state index in [4.69, 9.17) is 10.6 Å². The maximum atomic E-state index is 12.8. The first-order valence-electron chi connectivity index (χ1n) is 10.1. The van der Waals surface area contributed by atoms with Crippen molar-refractivity contribution in [2.75, 3.05) is 11.2 Å². The van der Waals surface area contributed by atoms with Crippen LogP contribution in [0.1, 0.15) is 40.6 Å². The standard InChI is InChI=1S/C23H29N5O2S/c1-13-10-16(4)20(17(5)11-13)25-22(29)18(6)31-23-27-26-19(28(23)24)12-30-21-14(2)8-7-9-15(21)3/h7-11,18H,12,24H2,1-6H3,(H,25,29). The molecule has 0 spiro atoms. The number of carbonyl (C=O) groups excluding carboxylic acids is 1. The molecule has 0 fully saturated rings. The van der Waals surface area contributed by atoms with Crippen molar-refractivity contribution in [3.63, 3.8) is 0 Å². The number of rotatable bonds is 7. The van der Waals surface area contributed by atoms with Crippen LogP contribution in [0.5, 0.6) is 5.75 Å². The summed E-state index contributed by atoms with van der Waals surface area (Å²) in [6, 6.07) is 10.1. The number of aromatic nitrogens is 3. The Morgan fingerprint density at radius 2 is 1.71 bits per heavy atom. The van der Waals surface area contributed by atoms with Crippen molar-refractivity contribution in [2.24, 2.45) is 0 Å². The number of anilines is 1. The van der Waals surface area contributed by atoms with E-state index < -0.39 is 5.25 Å². The molecule has 1 atom stereocenters. The molecule has 3 aromatic rings. The van der Waals surface area contributed by atoms with E-state index >= 15 is 0 Å². The lowest BCUT2D eigenvalue weighted by Gasteiger charge is -2.16. The minimum Gasteiger partial charge on any atom is -0.485 e. The Labute approximate surface area is 187 Å². The zero-order valence-electron chi connectivity index (χ0n) is 18.8. The number of hydrogen-bond donors (Lipinski definition) is 2. The van der Waals surface area contributed by atoms with Gasteiger partial charge in [0, 0.05) is 5.69 Å². The third-order valence-electron chi connectivity index (χ3n) is 5.07. The van der Waals surface area contributed by atoms with Gasteiger partial charge in [-0.3, -0.25) is 4.79 Å². The van der Waals surface area contributed by atoms with Crippen molar-refractivity contribution < 1.29 is 9.53 Å². The summed E-state index contributed by atoms with van der Waals surface area (Å²) < 4.78 is 7.30. The molecule has 0 aliphatic rings. The number of thioether (sulfide) groups is 1. The van der Waals surface area contributed by atoms with Gasteiger partial charge < -0.3 is 15.9 Å². The molecule has 2 aromatic carbocycles. The molecule has 0 saturated heterocycles. The average Bonchev–Trinajstić information content (AvgIpc) is 3.03. The van der Waals surface area contributed by atoms with Gasteiger partial charge in [0.25, 0.3) is 0 Å². The molecular formula is C23H29N5O2S. The monoisotopic (exact) mass is 439 g/mol. The third-order valence-corrected chi connectivity index (χ3v) is 6.12. The fourth-order valence-electron chi connectivity index (χ4n) is 3.46. The van der Waals surface area contributed by atoms with Gasteiger partial charge >= 0.3 is 0 Å². The molecule has 8 heteroatoms. The summed E-state index contributed by atoms with van der Waals surface area (Å²) in [5, 5.41) is 11.4. The first kappa shape index (κ1) is 22.7. The van der Waals surface area contributed by atoms with Crippen molar-refractivity contribution in [1.82, 2.24) is 14.9 Å². The van der Waals surface area contributed by atoms with E-state index in [9.17, 15) is 4.79 Å². The van der Waals surface area contributed by atoms with E-state index in [1.165, 1.54) is 22.0 Å². The highest BCUT2D eigenvalue weighted by atomic mass is 32.2. The Balaban J connectivity index is 1.65. The molecular weight excluding hydrogens is 410 g/mol. The van der Waals surface area contributed by atoms with Crippen LogP contribution in [0.2, 0.25) is 0 Å². The topological polar surface area (TPSA) is 95.1 Å². The molecule has 0 radical (unpaired) electrons. The van der Waals surface area contributed by atoms with Crippen molar-refractivity contribution in [3.8, 4) is 5.75 Å². The largest absolute Gasteiger partial charge is 0.485 e. The minimum atomic E-state index is -0.404. The molecule has 164 valence electrons. The van der Waals surface area contributed by atoms with Gasteiger partial charge in [-0.1, -0.05) is 47.7 Å². The van der Waals surface area contributed by atoms with Crippen molar-refractivity contribution in [1.29, 1.82) is 0 Å². The van der Waals surface area contributed by atoms with Crippen LogP contribution in [0.25, 0.3) is 0 Å². The lowest BCUT2D eigenvalue weighted by atomic mass is 10.1. The second-order valence-electron chi connectivity index (χ2n) is 7.80. The SMILES string of the molecule is Cc1cc(C)c(NC(=O)C(C)Sc2nnc(COc3c(C)cccc3C)n2N)c(C)c1. The fraction of sp³-hybridized carbons (Fsp3) is 0.348. The van der Waals surface area contributed by atoms with Gasteiger partial charge in [0.05, 0.1) is 5.25 Å². The highest BCUT2D eigenvalue weighted by molar-refractivity contribution is 8.00. The van der Waals surface area contributed by atoms with Crippen LogP contribution in [-0.4, -0.2) is 26.0 Å². The molecule has 7 nitrogen and oxygen atoms in total. The number of nitrogens with two attached hydrogens (primary N) is 1. The van der Waals surface area contributed by atoms with Gasteiger partial charge in [0.1, 0.15) is 12.4 Å². The van der Waals surface area contributed by atoms with Crippen LogP contribution < -0.4 is 15.9 Å². The number of nitrogens with zero attached hydrogens (tertiary/aromatic N) is 3. The van der Waals surface area contributed by atoms with Crippen LogP contribution in [0.3, 0.4) is 0 Å². The second kappa shape index (κ2) is 9.43. The van der Waals surface area contributed by atoms with Gasteiger partial charge in [-0.15, -0.1) is 10.2 Å². The number of nitrogens with one attached hydrogen (secondary N) is 1. The molecule has 31 heavy (non-hydrogen) atoms. The zero-order valence-corrected chi connectivity index (χ0v) is 19.6. The van der Waals surface area contributed by atoms with E-state index in [-0.39, 0.29) is 12.5 Å². The summed E-state index contributed by atoms with van der Waals surface area (Å²) in [7, 11) is 0. The summed E-state index contributed by atoms with van der Waals surface area (Å²) >= 11 is 1.26. The molecule has 0 saturated carbocycles. The molecule has 1 aromatic heterocycles. The number of aryl methyl sites for hydroxylation is 5. The summed E-state index contributed by atoms with van der Waals surface area (Å²) in [5.74, 6) is 7.36. The Hall–Kier alpha value is -3.00. The van der Waals surface area contributed by atoms with E-state index in [1.54, 1.807) is 0 Å². The lowest BCUT2D eigenvalue weighted by Crippen LogP contribution is -2.25. The maximum absolute atomic E-state index is 12.8. The van der Waals surface area contributed by atoms with Gasteiger partial charge in [-0.2, -0.15) is 0 Å². The molecule has 1 unspecified atom stereocenters. The van der Waals surface area contributed by atoms with Gasteiger partial charge in [-0.05, 0) is 63.8 Å². The lowest BCUT2D eigenvalue weighted by molar-refractivity contribution is -0.115. The zero-order chi connectivity index (χ0) is 22.7. The van der Waals surface area contributed by atoms with Gasteiger partial charge in [0.2, 0.25) is 11.1 Å². The Morgan fingerprint density at radius 3 is 2.32 bits per heavy atom. The molecule has 3 N–H and O–H groups in total. The molecule has 3 rings (SSSR count). The quantitative estimate of drug-likeness (QED) is 0.422. The third kappa shape index (κ3) is 5.19. The predicted molar refractivity (Wildman–Crippen MR) is 125 cm³/mol. The summed E-state index contributed by atoms with van der Waals surface area (Å²) in [5.41, 5.74) is 6.18. The number of benzene rings is 2. The number of hydrogen-bond acceptors (Lipinski definition) is 6. The van der Waals surface area contributed by atoms with E-state index in [0.717, 1.165) is 33.7 Å². The molecule has 0 aliphatic heterocycles. The summed E-state index contributed by atoms with van der Waals surface area (Å²) in [6.45, 7) is 12.0. The number of ether oxygens (including phenoxy) is 1.